The lowest BCUT2D eigenvalue weighted by Crippen LogP contribution is -2.41. The van der Waals surface area contributed by atoms with E-state index in [0.717, 1.165) is 41.5 Å². The monoisotopic (exact) mass is 305 g/mol. The summed E-state index contributed by atoms with van der Waals surface area (Å²) >= 11 is 1.75. The number of aryl methyl sites for hydroxylation is 2. The Morgan fingerprint density at radius 1 is 1.53 bits per heavy atom. The van der Waals surface area contributed by atoms with Crippen molar-refractivity contribution >= 4 is 30.1 Å². The smallest absolute Gasteiger partial charge is 0.238 e. The molecule has 0 radical (unpaired) electrons. The van der Waals surface area contributed by atoms with E-state index in [1.165, 1.54) is 0 Å². The summed E-state index contributed by atoms with van der Waals surface area (Å²) in [5, 5.41) is 10.2. The minimum atomic E-state index is -0.0648. The summed E-state index contributed by atoms with van der Waals surface area (Å²) in [5.41, 5.74) is 1.99. The van der Waals surface area contributed by atoms with Crippen LogP contribution in [0.3, 0.4) is 0 Å². The molecule has 0 aliphatic carbocycles. The molecule has 0 aromatic carbocycles. The van der Waals surface area contributed by atoms with Crippen LogP contribution in [0.5, 0.6) is 0 Å². The second-order valence-electron chi connectivity index (χ2n) is 4.23. The Balaban J connectivity index is 0.00000180. The second-order valence-corrected chi connectivity index (χ2v) is 5.26. The quantitative estimate of drug-likeness (QED) is 0.863. The molecule has 108 valence electrons. The number of carbonyl (C=O) groups excluding carboxylic acids is 1. The molecule has 0 saturated carbocycles. The maximum absolute atomic E-state index is 11.9. The number of aromatic nitrogens is 1. The maximum Gasteiger partial charge on any atom is 0.238 e. The number of carbonyl (C=O) groups is 1. The summed E-state index contributed by atoms with van der Waals surface area (Å²) in [7, 11) is 0. The highest BCUT2D eigenvalue weighted by Gasteiger charge is 2.23. The fourth-order valence-electron chi connectivity index (χ4n) is 2.00. The summed E-state index contributed by atoms with van der Waals surface area (Å²) < 4.78 is 5.27. The Kier molecular flexibility index (Phi) is 6.68. The van der Waals surface area contributed by atoms with Crippen LogP contribution in [0.15, 0.2) is 4.52 Å². The molecule has 1 saturated heterocycles. The van der Waals surface area contributed by atoms with E-state index in [1.807, 2.05) is 13.8 Å². The van der Waals surface area contributed by atoms with Gasteiger partial charge in [0.1, 0.15) is 5.76 Å². The third kappa shape index (κ3) is 3.87. The summed E-state index contributed by atoms with van der Waals surface area (Å²) in [6.45, 7) is 4.58. The molecule has 1 amide bonds. The fourth-order valence-corrected chi connectivity index (χ4v) is 2.94. The number of halogens is 1. The van der Waals surface area contributed by atoms with Gasteiger partial charge in [0.25, 0.3) is 0 Å². The lowest BCUT2D eigenvalue weighted by atomic mass is 10.1. The van der Waals surface area contributed by atoms with Crippen molar-refractivity contribution in [1.29, 1.82) is 0 Å². The van der Waals surface area contributed by atoms with Crippen LogP contribution in [-0.2, 0) is 24.2 Å². The van der Waals surface area contributed by atoms with E-state index in [2.05, 4.69) is 15.8 Å². The van der Waals surface area contributed by atoms with Gasteiger partial charge in [0.15, 0.2) is 0 Å². The van der Waals surface area contributed by atoms with Crippen molar-refractivity contribution in [3.8, 4) is 0 Å². The third-order valence-electron chi connectivity index (χ3n) is 3.08. The molecular formula is C12H20ClN3O2S. The molecule has 1 fully saturated rings. The molecular weight excluding hydrogens is 286 g/mol. The van der Waals surface area contributed by atoms with Crippen LogP contribution in [0, 0.1) is 0 Å². The van der Waals surface area contributed by atoms with Crippen molar-refractivity contribution in [3.63, 3.8) is 0 Å². The number of nitrogens with one attached hydrogen (secondary N) is 2. The number of amides is 1. The predicted octanol–water partition coefficient (Wildman–Crippen LogP) is 1.50. The van der Waals surface area contributed by atoms with E-state index in [9.17, 15) is 4.79 Å². The Morgan fingerprint density at radius 2 is 2.32 bits per heavy atom. The highest BCUT2D eigenvalue weighted by Crippen LogP contribution is 2.16. The van der Waals surface area contributed by atoms with Gasteiger partial charge < -0.3 is 9.84 Å². The Hall–Kier alpha value is -0.720. The molecule has 1 atom stereocenters. The first kappa shape index (κ1) is 16.3. The van der Waals surface area contributed by atoms with E-state index in [4.69, 9.17) is 4.52 Å². The van der Waals surface area contributed by atoms with E-state index < -0.39 is 0 Å². The van der Waals surface area contributed by atoms with Gasteiger partial charge in [-0.3, -0.25) is 10.1 Å². The van der Waals surface area contributed by atoms with Gasteiger partial charge in [-0.1, -0.05) is 19.0 Å². The molecule has 1 aliphatic rings. The summed E-state index contributed by atoms with van der Waals surface area (Å²) in [6.07, 6.45) is 1.63. The number of hydrogen-bond donors (Lipinski definition) is 2. The lowest BCUT2D eigenvalue weighted by Gasteiger charge is -2.10. The molecule has 7 heteroatoms. The maximum atomic E-state index is 11.9. The molecule has 2 rings (SSSR count). The van der Waals surface area contributed by atoms with E-state index >= 15 is 0 Å². The van der Waals surface area contributed by atoms with E-state index in [0.29, 0.717) is 6.54 Å². The molecule has 1 aromatic rings. The van der Waals surface area contributed by atoms with Crippen LogP contribution in [0.1, 0.15) is 30.9 Å². The Morgan fingerprint density at radius 3 is 2.89 bits per heavy atom. The molecule has 1 unspecified atom stereocenters. The average molecular weight is 306 g/mol. The minimum Gasteiger partial charge on any atom is -0.361 e. The molecule has 1 aliphatic heterocycles. The number of thioether (sulfide) groups is 1. The van der Waals surface area contributed by atoms with Gasteiger partial charge in [-0.25, -0.2) is 0 Å². The van der Waals surface area contributed by atoms with Crippen LogP contribution in [-0.4, -0.2) is 28.7 Å². The highest BCUT2D eigenvalue weighted by molar-refractivity contribution is 7.99. The molecule has 2 N–H and O–H groups in total. The van der Waals surface area contributed by atoms with Crippen molar-refractivity contribution in [2.45, 2.75) is 39.3 Å². The fraction of sp³-hybridized carbons (Fsp3) is 0.667. The molecule has 5 nitrogen and oxygen atoms in total. The van der Waals surface area contributed by atoms with Crippen molar-refractivity contribution in [1.82, 2.24) is 15.8 Å². The Bertz CT molecular complexity index is 398. The zero-order valence-corrected chi connectivity index (χ0v) is 12.8. The zero-order valence-electron chi connectivity index (χ0n) is 11.2. The van der Waals surface area contributed by atoms with Gasteiger partial charge in [-0.2, -0.15) is 0 Å². The average Bonchev–Trinajstić information content (AvgIpc) is 3.04. The minimum absolute atomic E-state index is 0. The normalized spacial score (nSPS) is 18.1. The van der Waals surface area contributed by atoms with Crippen LogP contribution in [0.25, 0.3) is 0 Å². The topological polar surface area (TPSA) is 67.2 Å². The van der Waals surface area contributed by atoms with Crippen LogP contribution >= 0.6 is 24.2 Å². The largest absolute Gasteiger partial charge is 0.361 e. The van der Waals surface area contributed by atoms with Crippen molar-refractivity contribution in [2.24, 2.45) is 0 Å². The number of hydrogen-bond acceptors (Lipinski definition) is 5. The van der Waals surface area contributed by atoms with Gasteiger partial charge in [0.2, 0.25) is 5.91 Å². The van der Waals surface area contributed by atoms with Gasteiger partial charge in [-0.05, 0) is 6.42 Å². The first-order valence-electron chi connectivity index (χ1n) is 6.31. The van der Waals surface area contributed by atoms with Gasteiger partial charge in [0.05, 0.1) is 11.7 Å². The van der Waals surface area contributed by atoms with Crippen molar-refractivity contribution in [2.75, 3.05) is 11.6 Å². The molecule has 1 aromatic heterocycles. The lowest BCUT2D eigenvalue weighted by molar-refractivity contribution is -0.122. The zero-order chi connectivity index (χ0) is 13.0. The van der Waals surface area contributed by atoms with E-state index in [1.54, 1.807) is 11.8 Å². The molecule has 0 bridgehead atoms. The molecule has 0 spiro atoms. The van der Waals surface area contributed by atoms with Crippen LogP contribution in [0.2, 0.25) is 0 Å². The van der Waals surface area contributed by atoms with Gasteiger partial charge in [0, 0.05) is 30.2 Å². The second kappa shape index (κ2) is 7.77. The standard InChI is InChI=1S/C12H19N3O2S.ClH/c1-3-9-8(11(4-2)17-15-9)5-13-12(16)10-6-18-7-14-10;/h10,14H,3-7H2,1-2H3,(H,13,16);1H. The first-order valence-corrected chi connectivity index (χ1v) is 7.46. The first-order chi connectivity index (χ1) is 8.76. The third-order valence-corrected chi connectivity index (χ3v) is 4.02. The summed E-state index contributed by atoms with van der Waals surface area (Å²) in [4.78, 5) is 11.9. The van der Waals surface area contributed by atoms with E-state index in [-0.39, 0.29) is 24.4 Å². The summed E-state index contributed by atoms with van der Waals surface area (Å²) in [6, 6.07) is -0.0648. The highest BCUT2D eigenvalue weighted by atomic mass is 35.5. The predicted molar refractivity (Wildman–Crippen MR) is 78.6 cm³/mol. The summed E-state index contributed by atoms with van der Waals surface area (Å²) in [5.74, 6) is 2.63. The van der Waals surface area contributed by atoms with Crippen LogP contribution < -0.4 is 10.6 Å². The van der Waals surface area contributed by atoms with Crippen molar-refractivity contribution in [3.05, 3.63) is 17.0 Å². The Labute approximate surface area is 123 Å². The van der Waals surface area contributed by atoms with Crippen LogP contribution in [0.4, 0.5) is 0 Å². The molecule has 2 heterocycles. The number of rotatable bonds is 5. The van der Waals surface area contributed by atoms with Gasteiger partial charge >= 0.3 is 0 Å². The number of nitrogens with zero attached hydrogens (tertiary/aromatic N) is 1. The molecule has 19 heavy (non-hydrogen) atoms. The SMILES string of the molecule is CCc1noc(CC)c1CNC(=O)C1CSCN1.Cl. The van der Waals surface area contributed by atoms with Crippen molar-refractivity contribution < 1.29 is 9.32 Å². The van der Waals surface area contributed by atoms with Gasteiger partial charge in [-0.15, -0.1) is 24.2 Å².